The summed E-state index contributed by atoms with van der Waals surface area (Å²) in [6, 6.07) is 5.45. The number of rotatable bonds is 4. The summed E-state index contributed by atoms with van der Waals surface area (Å²) in [5, 5.41) is 4.22. The number of nitrogens with zero attached hydrogens (tertiary/aromatic N) is 1. The van der Waals surface area contributed by atoms with E-state index >= 15 is 0 Å². The van der Waals surface area contributed by atoms with Gasteiger partial charge in [-0.15, -0.1) is 0 Å². The number of amides is 1. The highest BCUT2D eigenvalue weighted by Crippen LogP contribution is 2.27. The highest BCUT2D eigenvalue weighted by atomic mass is 35.5. The van der Waals surface area contributed by atoms with Gasteiger partial charge < -0.3 is 15.0 Å². The summed E-state index contributed by atoms with van der Waals surface area (Å²) in [6.45, 7) is 1.51. The number of piperidine rings is 1. The molecule has 1 saturated heterocycles. The zero-order valence-electron chi connectivity index (χ0n) is 11.4. The third kappa shape index (κ3) is 4.01. The summed E-state index contributed by atoms with van der Waals surface area (Å²) in [4.78, 5) is 13.9. The minimum atomic E-state index is -0.0180. The molecule has 0 radical (unpaired) electrons. The third-order valence-corrected chi connectivity index (χ3v) is 4.05. The Kier molecular flexibility index (Phi) is 5.52. The Morgan fingerprint density at radius 1 is 1.40 bits per heavy atom. The molecule has 1 aliphatic heterocycles. The predicted molar refractivity (Wildman–Crippen MR) is 80.6 cm³/mol. The first kappa shape index (κ1) is 15.4. The quantitative estimate of drug-likeness (QED) is 0.928. The van der Waals surface area contributed by atoms with Gasteiger partial charge >= 0.3 is 0 Å². The van der Waals surface area contributed by atoms with Gasteiger partial charge in [0.1, 0.15) is 5.75 Å². The lowest BCUT2D eigenvalue weighted by Crippen LogP contribution is -2.45. The lowest BCUT2D eigenvalue weighted by molar-refractivity contribution is -0.134. The highest BCUT2D eigenvalue weighted by molar-refractivity contribution is 6.34. The lowest BCUT2D eigenvalue weighted by atomic mass is 10.1. The molecule has 20 heavy (non-hydrogen) atoms. The molecule has 1 N–H and O–H groups in total. The Labute approximate surface area is 129 Å². The average molecular weight is 317 g/mol. The molecule has 0 spiro atoms. The number of hydrogen-bond donors (Lipinski definition) is 1. The Bertz CT molecular complexity index is 474. The second-order valence-corrected chi connectivity index (χ2v) is 5.65. The Morgan fingerprint density at radius 2 is 2.10 bits per heavy atom. The van der Waals surface area contributed by atoms with Crippen LogP contribution in [0.15, 0.2) is 18.2 Å². The van der Waals surface area contributed by atoms with Gasteiger partial charge in [0.15, 0.2) is 6.61 Å². The van der Waals surface area contributed by atoms with Gasteiger partial charge in [0.25, 0.3) is 5.91 Å². The summed E-state index contributed by atoms with van der Waals surface area (Å²) in [7, 11) is 1.95. The van der Waals surface area contributed by atoms with Crippen molar-refractivity contribution in [2.45, 2.75) is 18.9 Å². The third-order valence-electron chi connectivity index (χ3n) is 3.50. The van der Waals surface area contributed by atoms with E-state index in [2.05, 4.69) is 5.32 Å². The molecule has 1 aromatic carbocycles. The number of hydrogen-bond acceptors (Lipinski definition) is 3. The summed E-state index contributed by atoms with van der Waals surface area (Å²) >= 11 is 11.9. The van der Waals surface area contributed by atoms with Crippen LogP contribution in [-0.2, 0) is 4.79 Å². The number of carbonyl (C=O) groups excluding carboxylic acids is 1. The minimum Gasteiger partial charge on any atom is -0.482 e. The van der Waals surface area contributed by atoms with E-state index in [4.69, 9.17) is 27.9 Å². The van der Waals surface area contributed by atoms with Gasteiger partial charge in [0.2, 0.25) is 0 Å². The maximum absolute atomic E-state index is 12.1. The topological polar surface area (TPSA) is 41.6 Å². The van der Waals surface area contributed by atoms with Crippen molar-refractivity contribution in [3.8, 4) is 5.75 Å². The van der Waals surface area contributed by atoms with Crippen molar-refractivity contribution in [3.05, 3.63) is 28.2 Å². The molecule has 0 atom stereocenters. The largest absolute Gasteiger partial charge is 0.482 e. The van der Waals surface area contributed by atoms with Gasteiger partial charge in [-0.2, -0.15) is 0 Å². The van der Waals surface area contributed by atoms with Crippen LogP contribution in [0, 0.1) is 0 Å². The first-order valence-electron chi connectivity index (χ1n) is 6.63. The van der Waals surface area contributed by atoms with Crippen LogP contribution in [0.2, 0.25) is 10.0 Å². The van der Waals surface area contributed by atoms with Crippen molar-refractivity contribution in [1.29, 1.82) is 0 Å². The van der Waals surface area contributed by atoms with Gasteiger partial charge in [-0.1, -0.05) is 23.2 Å². The van der Waals surface area contributed by atoms with Crippen LogP contribution in [0.4, 0.5) is 0 Å². The van der Waals surface area contributed by atoms with E-state index in [-0.39, 0.29) is 12.5 Å². The first-order chi connectivity index (χ1) is 9.60. The second kappa shape index (κ2) is 7.16. The van der Waals surface area contributed by atoms with Crippen LogP contribution in [0.1, 0.15) is 12.8 Å². The van der Waals surface area contributed by atoms with Crippen LogP contribution >= 0.6 is 23.2 Å². The van der Waals surface area contributed by atoms with E-state index in [0.29, 0.717) is 21.8 Å². The molecule has 1 aliphatic rings. The van der Waals surface area contributed by atoms with Crippen LogP contribution in [0.5, 0.6) is 5.75 Å². The highest BCUT2D eigenvalue weighted by Gasteiger charge is 2.22. The van der Waals surface area contributed by atoms with Crippen molar-refractivity contribution >= 4 is 29.1 Å². The number of nitrogens with one attached hydrogen (secondary N) is 1. The molecule has 1 amide bonds. The molecule has 0 aliphatic carbocycles. The number of likely N-dealkylation sites (tertiary alicyclic amines) is 1. The normalized spacial score (nSPS) is 16.2. The molecule has 0 unspecified atom stereocenters. The first-order valence-corrected chi connectivity index (χ1v) is 7.38. The van der Waals surface area contributed by atoms with Crippen molar-refractivity contribution in [2.24, 2.45) is 0 Å². The molecular formula is C14H18Cl2N2O2. The fourth-order valence-corrected chi connectivity index (χ4v) is 2.57. The van der Waals surface area contributed by atoms with Crippen molar-refractivity contribution in [3.63, 3.8) is 0 Å². The molecule has 0 bridgehead atoms. The molecular weight excluding hydrogens is 299 g/mol. The van der Waals surface area contributed by atoms with Crippen molar-refractivity contribution < 1.29 is 9.53 Å². The molecule has 0 aromatic heterocycles. The average Bonchev–Trinajstić information content (AvgIpc) is 2.48. The van der Waals surface area contributed by atoms with Gasteiger partial charge in [-0.25, -0.2) is 0 Å². The fraction of sp³-hybridized carbons (Fsp3) is 0.500. The van der Waals surface area contributed by atoms with E-state index < -0.39 is 0 Å². The maximum Gasteiger partial charge on any atom is 0.260 e. The molecule has 6 heteroatoms. The van der Waals surface area contributed by atoms with E-state index in [1.807, 2.05) is 11.9 Å². The van der Waals surface area contributed by atoms with E-state index in [1.165, 1.54) is 0 Å². The molecule has 1 heterocycles. The van der Waals surface area contributed by atoms with Gasteiger partial charge in [0.05, 0.1) is 5.02 Å². The summed E-state index contributed by atoms with van der Waals surface area (Å²) in [5.41, 5.74) is 0. The van der Waals surface area contributed by atoms with Gasteiger partial charge in [-0.05, 0) is 32.0 Å². The Morgan fingerprint density at radius 3 is 2.75 bits per heavy atom. The predicted octanol–water partition coefficient (Wildman–Crippen LogP) is 2.58. The lowest BCUT2D eigenvalue weighted by Gasteiger charge is -2.31. The standard InChI is InChI=1S/C14H18Cl2N2O2/c1-17-11-4-6-18(7-5-11)14(19)9-20-13-8-10(15)2-3-12(13)16/h2-3,8,11,17H,4-7,9H2,1H3. The number of benzene rings is 1. The Balaban J connectivity index is 1.85. The van der Waals surface area contributed by atoms with Crippen molar-refractivity contribution in [2.75, 3.05) is 26.7 Å². The molecule has 1 aromatic rings. The van der Waals surface area contributed by atoms with Crippen LogP contribution < -0.4 is 10.1 Å². The Hall–Kier alpha value is -0.970. The van der Waals surface area contributed by atoms with Gasteiger partial charge in [0, 0.05) is 30.2 Å². The zero-order chi connectivity index (χ0) is 14.5. The molecule has 4 nitrogen and oxygen atoms in total. The van der Waals surface area contributed by atoms with Crippen LogP contribution in [0.25, 0.3) is 0 Å². The monoisotopic (exact) mass is 316 g/mol. The molecule has 0 saturated carbocycles. The summed E-state index contributed by atoms with van der Waals surface area (Å²) in [6.07, 6.45) is 1.94. The summed E-state index contributed by atoms with van der Waals surface area (Å²) < 4.78 is 5.46. The number of ether oxygens (including phenoxy) is 1. The van der Waals surface area contributed by atoms with Crippen LogP contribution in [0.3, 0.4) is 0 Å². The molecule has 1 fully saturated rings. The fourth-order valence-electron chi connectivity index (χ4n) is 2.24. The minimum absolute atomic E-state index is 0.00964. The SMILES string of the molecule is CNC1CCN(C(=O)COc2cc(Cl)ccc2Cl)CC1. The van der Waals surface area contributed by atoms with E-state index in [0.717, 1.165) is 25.9 Å². The number of carbonyl (C=O) groups is 1. The van der Waals surface area contributed by atoms with Crippen molar-refractivity contribution in [1.82, 2.24) is 10.2 Å². The maximum atomic E-state index is 12.1. The smallest absolute Gasteiger partial charge is 0.260 e. The zero-order valence-corrected chi connectivity index (χ0v) is 12.9. The molecule has 2 rings (SSSR count). The number of halogens is 2. The molecule has 110 valence electrons. The van der Waals surface area contributed by atoms with Gasteiger partial charge in [-0.3, -0.25) is 4.79 Å². The van der Waals surface area contributed by atoms with Crippen LogP contribution in [-0.4, -0.2) is 43.6 Å². The summed E-state index contributed by atoms with van der Waals surface area (Å²) in [5.74, 6) is 0.424. The van der Waals surface area contributed by atoms with E-state index in [9.17, 15) is 4.79 Å². The van der Waals surface area contributed by atoms with E-state index in [1.54, 1.807) is 18.2 Å². The second-order valence-electron chi connectivity index (χ2n) is 4.81.